The zero-order valence-electron chi connectivity index (χ0n) is 21.1. The number of carbonyl (C=O) groups excluding carboxylic acids is 1. The third-order valence-electron chi connectivity index (χ3n) is 7.26. The highest BCUT2D eigenvalue weighted by Crippen LogP contribution is 2.35. The van der Waals surface area contributed by atoms with Gasteiger partial charge < -0.3 is 20.4 Å². The normalized spacial score (nSPS) is 16.5. The maximum atomic E-state index is 12.9. The van der Waals surface area contributed by atoms with Crippen LogP contribution in [0.15, 0.2) is 36.7 Å². The molecule has 2 fully saturated rings. The first kappa shape index (κ1) is 24.3. The summed E-state index contributed by atoms with van der Waals surface area (Å²) in [6.45, 7) is 4.79. The zero-order valence-corrected chi connectivity index (χ0v) is 21.9. The molecule has 0 saturated carbocycles. The maximum absolute atomic E-state index is 12.9. The molecular formula is C26H28N10OS. The van der Waals surface area contributed by atoms with Crippen LogP contribution in [0.1, 0.15) is 18.4 Å². The van der Waals surface area contributed by atoms with Crippen LogP contribution in [0.2, 0.25) is 0 Å². The van der Waals surface area contributed by atoms with Crippen LogP contribution in [0.25, 0.3) is 27.5 Å². The minimum absolute atomic E-state index is 0.155. The van der Waals surface area contributed by atoms with Crippen molar-refractivity contribution in [3.63, 3.8) is 0 Å². The van der Waals surface area contributed by atoms with E-state index in [4.69, 9.17) is 10.2 Å². The van der Waals surface area contributed by atoms with Gasteiger partial charge in [0.25, 0.3) is 0 Å². The van der Waals surface area contributed by atoms with Gasteiger partial charge in [0.15, 0.2) is 5.01 Å². The summed E-state index contributed by atoms with van der Waals surface area (Å²) in [5.74, 6) is 0.451. The molecule has 1 amide bonds. The Hall–Kier alpha value is -4.08. The van der Waals surface area contributed by atoms with Crippen LogP contribution in [-0.4, -0.2) is 81.9 Å². The Morgan fingerprint density at radius 3 is 2.71 bits per heavy atom. The summed E-state index contributed by atoms with van der Waals surface area (Å²) in [5.41, 5.74) is 4.71. The molecule has 4 aromatic heterocycles. The van der Waals surface area contributed by atoms with Gasteiger partial charge in [-0.15, -0.1) is 10.2 Å². The topological polar surface area (TPSA) is 127 Å². The number of piperazine rings is 1. The Kier molecular flexibility index (Phi) is 6.61. The fraction of sp³-hybridized carbons (Fsp3) is 0.385. The molecule has 4 aromatic rings. The number of aromatic nitrogens is 5. The predicted octanol–water partition coefficient (Wildman–Crippen LogP) is 2.48. The van der Waals surface area contributed by atoms with Crippen LogP contribution in [0.3, 0.4) is 0 Å². The molecule has 38 heavy (non-hydrogen) atoms. The Morgan fingerprint density at radius 1 is 1.13 bits per heavy atom. The molecule has 0 bridgehead atoms. The minimum atomic E-state index is 0.155. The van der Waals surface area contributed by atoms with E-state index in [1.807, 2.05) is 36.3 Å². The van der Waals surface area contributed by atoms with Crippen molar-refractivity contribution < 1.29 is 4.79 Å². The molecule has 0 spiro atoms. The molecule has 194 valence electrons. The van der Waals surface area contributed by atoms with Gasteiger partial charge in [0.05, 0.1) is 34.2 Å². The molecule has 0 aliphatic carbocycles. The number of carbonyl (C=O) groups is 1. The largest absolute Gasteiger partial charge is 0.387 e. The van der Waals surface area contributed by atoms with Gasteiger partial charge in [0, 0.05) is 51.0 Å². The highest BCUT2D eigenvalue weighted by atomic mass is 32.1. The monoisotopic (exact) mass is 528 g/mol. The second-order valence-electron chi connectivity index (χ2n) is 9.50. The van der Waals surface area contributed by atoms with Crippen LogP contribution in [0.4, 0.5) is 10.8 Å². The first-order valence-corrected chi connectivity index (χ1v) is 13.6. The molecule has 12 heteroatoms. The average Bonchev–Trinajstić information content (AvgIpc) is 3.64. The number of amides is 1. The van der Waals surface area contributed by atoms with Crippen LogP contribution >= 0.6 is 11.3 Å². The van der Waals surface area contributed by atoms with E-state index in [9.17, 15) is 4.79 Å². The Labute approximate surface area is 224 Å². The molecule has 2 aliphatic heterocycles. The average molecular weight is 529 g/mol. The summed E-state index contributed by atoms with van der Waals surface area (Å²) < 4.78 is 1.78. The zero-order chi connectivity index (χ0) is 26.1. The number of nitrogens with zero attached hydrogens (tertiary/aromatic N) is 8. The van der Waals surface area contributed by atoms with Crippen molar-refractivity contribution in [2.45, 2.75) is 12.8 Å². The summed E-state index contributed by atoms with van der Waals surface area (Å²) in [5, 5.41) is 30.7. The first-order valence-electron chi connectivity index (χ1n) is 12.8. The van der Waals surface area contributed by atoms with Gasteiger partial charge in [-0.2, -0.15) is 10.4 Å². The molecule has 2 N–H and O–H groups in total. The maximum Gasteiger partial charge on any atom is 0.225 e. The van der Waals surface area contributed by atoms with Gasteiger partial charge in [-0.05, 0) is 50.2 Å². The SMILES string of the molecule is CNc1cc(-c2ccc3cc(C#N)cnn23)ncc1-c1nnc(N2CCN(C(=O)C3CCNCC3)CC2)s1. The van der Waals surface area contributed by atoms with Gasteiger partial charge in [-0.3, -0.25) is 9.78 Å². The molecule has 6 heterocycles. The van der Waals surface area contributed by atoms with Gasteiger partial charge in [-0.1, -0.05) is 11.3 Å². The first-order chi connectivity index (χ1) is 18.6. The summed E-state index contributed by atoms with van der Waals surface area (Å²) in [4.78, 5) is 21.8. The number of hydrogen-bond acceptors (Lipinski definition) is 10. The number of rotatable bonds is 5. The van der Waals surface area contributed by atoms with Crippen LogP contribution in [0, 0.1) is 17.2 Å². The minimum Gasteiger partial charge on any atom is -0.387 e. The van der Waals surface area contributed by atoms with Crippen molar-refractivity contribution in [1.29, 1.82) is 5.26 Å². The summed E-state index contributed by atoms with van der Waals surface area (Å²) >= 11 is 1.53. The number of hydrogen-bond donors (Lipinski definition) is 2. The molecule has 2 aliphatic rings. The predicted molar refractivity (Wildman–Crippen MR) is 146 cm³/mol. The molecule has 2 saturated heterocycles. The van der Waals surface area contributed by atoms with Crippen molar-refractivity contribution in [3.8, 4) is 28.0 Å². The summed E-state index contributed by atoms with van der Waals surface area (Å²) in [6.07, 6.45) is 5.22. The lowest BCUT2D eigenvalue weighted by atomic mass is 9.96. The van der Waals surface area contributed by atoms with Crippen molar-refractivity contribution in [1.82, 2.24) is 35.0 Å². The molecule has 0 unspecified atom stereocenters. The van der Waals surface area contributed by atoms with Crippen molar-refractivity contribution in [2.75, 3.05) is 56.5 Å². The standard InChI is InChI=1S/C26H28N10OS/c1-28-21-13-22(23-3-2-19-12-17(14-27)15-31-36(19)23)30-16-20(21)24-32-33-26(38-24)35-10-8-34(9-11-35)25(37)18-4-6-29-7-5-18/h2-3,12-13,15-16,18,29H,4-11H2,1H3,(H,28,30). The van der Waals surface area contributed by atoms with Gasteiger partial charge in [0.2, 0.25) is 11.0 Å². The van der Waals surface area contributed by atoms with E-state index in [1.54, 1.807) is 16.8 Å². The highest BCUT2D eigenvalue weighted by molar-refractivity contribution is 7.18. The molecule has 0 aromatic carbocycles. The number of nitrogens with one attached hydrogen (secondary N) is 2. The number of anilines is 2. The Morgan fingerprint density at radius 2 is 1.95 bits per heavy atom. The molecule has 11 nitrogen and oxygen atoms in total. The van der Waals surface area contributed by atoms with E-state index in [-0.39, 0.29) is 5.92 Å². The fourth-order valence-corrected chi connectivity index (χ4v) is 6.04. The molecule has 6 rings (SSSR count). The molecule has 0 atom stereocenters. The summed E-state index contributed by atoms with van der Waals surface area (Å²) in [6, 6.07) is 9.77. The van der Waals surface area contributed by atoms with Crippen LogP contribution in [0.5, 0.6) is 0 Å². The van der Waals surface area contributed by atoms with Crippen molar-refractivity contribution in [2.24, 2.45) is 5.92 Å². The third kappa shape index (κ3) is 4.55. The second kappa shape index (κ2) is 10.4. The lowest BCUT2D eigenvalue weighted by molar-refractivity contribution is -0.136. The molecule has 0 radical (unpaired) electrons. The fourth-order valence-electron chi connectivity index (χ4n) is 5.12. The number of piperidine rings is 1. The lowest BCUT2D eigenvalue weighted by Crippen LogP contribution is -2.51. The lowest BCUT2D eigenvalue weighted by Gasteiger charge is -2.36. The van der Waals surface area contributed by atoms with Crippen molar-refractivity contribution in [3.05, 3.63) is 42.2 Å². The van der Waals surface area contributed by atoms with E-state index in [1.165, 1.54) is 11.3 Å². The smallest absolute Gasteiger partial charge is 0.225 e. The second-order valence-corrected chi connectivity index (χ2v) is 10.5. The van der Waals surface area contributed by atoms with E-state index >= 15 is 0 Å². The Balaban J connectivity index is 1.17. The van der Waals surface area contributed by atoms with Gasteiger partial charge in [0.1, 0.15) is 6.07 Å². The van der Waals surface area contributed by atoms with Crippen LogP contribution < -0.4 is 15.5 Å². The van der Waals surface area contributed by atoms with Crippen LogP contribution in [-0.2, 0) is 4.79 Å². The van der Waals surface area contributed by atoms with Gasteiger partial charge in [-0.25, -0.2) is 4.52 Å². The summed E-state index contributed by atoms with van der Waals surface area (Å²) in [7, 11) is 1.87. The van der Waals surface area contributed by atoms with E-state index in [0.717, 1.165) is 77.3 Å². The quantitative estimate of drug-likeness (QED) is 0.402. The number of fused-ring (bicyclic) bond motifs is 1. The third-order valence-corrected chi connectivity index (χ3v) is 8.28. The number of pyridine rings is 1. The van der Waals surface area contributed by atoms with Gasteiger partial charge >= 0.3 is 0 Å². The van der Waals surface area contributed by atoms with E-state index < -0.39 is 0 Å². The Bertz CT molecular complexity index is 1510. The molecular weight excluding hydrogens is 500 g/mol. The van der Waals surface area contributed by atoms with E-state index in [2.05, 4.69) is 36.9 Å². The van der Waals surface area contributed by atoms with E-state index in [0.29, 0.717) is 24.6 Å². The highest BCUT2D eigenvalue weighted by Gasteiger charge is 2.29. The number of nitriles is 1. The van der Waals surface area contributed by atoms with Crippen molar-refractivity contribution >= 4 is 33.6 Å².